The minimum Gasteiger partial charge on any atom is -0.507 e. The van der Waals surface area contributed by atoms with Crippen molar-refractivity contribution in [3.8, 4) is 5.75 Å². The molecule has 19 heavy (non-hydrogen) atoms. The van der Waals surface area contributed by atoms with Gasteiger partial charge in [-0.15, -0.1) is 0 Å². The SMILES string of the molecule is CC(C(=O)Nc1ccc(O)c(C(=O)O)c1)C1CNC1. The number of hydrogen-bond acceptors (Lipinski definition) is 4. The molecular weight excluding hydrogens is 248 g/mol. The highest BCUT2D eigenvalue weighted by Gasteiger charge is 2.28. The van der Waals surface area contributed by atoms with Crippen LogP contribution >= 0.6 is 0 Å². The Morgan fingerprint density at radius 2 is 2.11 bits per heavy atom. The molecule has 2 rings (SSSR count). The Labute approximate surface area is 110 Å². The summed E-state index contributed by atoms with van der Waals surface area (Å²) in [5, 5.41) is 24.0. The number of carbonyl (C=O) groups excluding carboxylic acids is 1. The first kappa shape index (κ1) is 13.4. The normalized spacial score (nSPS) is 16.5. The number of rotatable bonds is 4. The minimum absolute atomic E-state index is 0.136. The number of anilines is 1. The monoisotopic (exact) mass is 264 g/mol. The van der Waals surface area contributed by atoms with E-state index >= 15 is 0 Å². The van der Waals surface area contributed by atoms with Crippen molar-refractivity contribution in [2.75, 3.05) is 18.4 Å². The van der Waals surface area contributed by atoms with Crippen LogP contribution in [0.2, 0.25) is 0 Å². The van der Waals surface area contributed by atoms with Crippen LogP contribution in [0.5, 0.6) is 5.75 Å². The summed E-state index contributed by atoms with van der Waals surface area (Å²) in [4.78, 5) is 22.8. The van der Waals surface area contributed by atoms with Gasteiger partial charge in [0.25, 0.3) is 0 Å². The van der Waals surface area contributed by atoms with E-state index in [0.717, 1.165) is 13.1 Å². The van der Waals surface area contributed by atoms with Crippen LogP contribution in [0.25, 0.3) is 0 Å². The van der Waals surface area contributed by atoms with Gasteiger partial charge in [-0.2, -0.15) is 0 Å². The second kappa shape index (κ2) is 5.27. The number of hydrogen-bond donors (Lipinski definition) is 4. The van der Waals surface area contributed by atoms with Crippen molar-refractivity contribution in [2.45, 2.75) is 6.92 Å². The summed E-state index contributed by atoms with van der Waals surface area (Å²) in [6.45, 7) is 3.49. The van der Waals surface area contributed by atoms with E-state index in [2.05, 4.69) is 10.6 Å². The van der Waals surface area contributed by atoms with Gasteiger partial charge in [-0.3, -0.25) is 4.79 Å². The van der Waals surface area contributed by atoms with Crippen molar-refractivity contribution in [3.05, 3.63) is 23.8 Å². The third-order valence-corrected chi connectivity index (χ3v) is 3.43. The van der Waals surface area contributed by atoms with E-state index in [4.69, 9.17) is 5.11 Å². The lowest BCUT2D eigenvalue weighted by atomic mass is 9.88. The van der Waals surface area contributed by atoms with E-state index in [9.17, 15) is 14.7 Å². The van der Waals surface area contributed by atoms with Gasteiger partial charge in [0.1, 0.15) is 11.3 Å². The zero-order valence-corrected chi connectivity index (χ0v) is 10.5. The summed E-state index contributed by atoms with van der Waals surface area (Å²) in [5.41, 5.74) is 0.148. The lowest BCUT2D eigenvalue weighted by molar-refractivity contribution is -0.121. The Balaban J connectivity index is 2.08. The van der Waals surface area contributed by atoms with E-state index < -0.39 is 5.97 Å². The fraction of sp³-hybridized carbons (Fsp3) is 0.385. The molecule has 6 heteroatoms. The molecule has 1 atom stereocenters. The van der Waals surface area contributed by atoms with Crippen LogP contribution in [0, 0.1) is 11.8 Å². The third-order valence-electron chi connectivity index (χ3n) is 3.43. The summed E-state index contributed by atoms with van der Waals surface area (Å²) < 4.78 is 0. The smallest absolute Gasteiger partial charge is 0.339 e. The average Bonchev–Trinajstić information content (AvgIpc) is 2.28. The van der Waals surface area contributed by atoms with Gasteiger partial charge in [0, 0.05) is 11.6 Å². The molecule has 1 saturated heterocycles. The Bertz CT molecular complexity index is 511. The number of phenols is 1. The highest BCUT2D eigenvalue weighted by Crippen LogP contribution is 2.23. The van der Waals surface area contributed by atoms with Crippen LogP contribution in [-0.2, 0) is 4.79 Å². The summed E-state index contributed by atoms with van der Waals surface area (Å²) in [6.07, 6.45) is 0. The largest absolute Gasteiger partial charge is 0.507 e. The lowest BCUT2D eigenvalue weighted by Gasteiger charge is -2.31. The summed E-state index contributed by atoms with van der Waals surface area (Å²) in [7, 11) is 0. The number of aromatic hydroxyl groups is 1. The van der Waals surface area contributed by atoms with Crippen molar-refractivity contribution >= 4 is 17.6 Å². The van der Waals surface area contributed by atoms with Gasteiger partial charge in [-0.1, -0.05) is 6.92 Å². The molecule has 1 aromatic rings. The maximum absolute atomic E-state index is 12.0. The highest BCUT2D eigenvalue weighted by molar-refractivity contribution is 5.96. The Hall–Kier alpha value is -2.08. The molecule has 4 N–H and O–H groups in total. The molecule has 1 amide bonds. The van der Waals surface area contributed by atoms with E-state index in [1.165, 1.54) is 18.2 Å². The zero-order valence-electron chi connectivity index (χ0n) is 10.5. The maximum atomic E-state index is 12.0. The van der Waals surface area contributed by atoms with Crippen LogP contribution < -0.4 is 10.6 Å². The van der Waals surface area contributed by atoms with E-state index in [1.807, 2.05) is 6.92 Å². The fourth-order valence-electron chi connectivity index (χ4n) is 1.92. The fourth-order valence-corrected chi connectivity index (χ4v) is 1.92. The second-order valence-electron chi connectivity index (χ2n) is 4.73. The molecule has 1 aliphatic rings. The topological polar surface area (TPSA) is 98.7 Å². The highest BCUT2D eigenvalue weighted by atomic mass is 16.4. The van der Waals surface area contributed by atoms with Crippen molar-refractivity contribution in [2.24, 2.45) is 11.8 Å². The van der Waals surface area contributed by atoms with Crippen LogP contribution in [-0.4, -0.2) is 35.2 Å². The molecule has 1 aromatic carbocycles. The molecule has 0 spiro atoms. The number of carbonyl (C=O) groups is 2. The molecule has 6 nitrogen and oxygen atoms in total. The molecule has 1 heterocycles. The first-order chi connectivity index (χ1) is 8.99. The molecule has 0 bridgehead atoms. The molecule has 102 valence electrons. The molecule has 0 radical (unpaired) electrons. The number of carboxylic acid groups (broad SMARTS) is 1. The Morgan fingerprint density at radius 3 is 2.63 bits per heavy atom. The van der Waals surface area contributed by atoms with Crippen LogP contribution in [0.4, 0.5) is 5.69 Å². The van der Waals surface area contributed by atoms with E-state index in [0.29, 0.717) is 11.6 Å². The van der Waals surface area contributed by atoms with Crippen LogP contribution in [0.3, 0.4) is 0 Å². The van der Waals surface area contributed by atoms with Crippen LogP contribution in [0.1, 0.15) is 17.3 Å². The Morgan fingerprint density at radius 1 is 1.42 bits per heavy atom. The quantitative estimate of drug-likeness (QED) is 0.605. The van der Waals surface area contributed by atoms with Crippen molar-refractivity contribution in [1.29, 1.82) is 0 Å². The molecule has 0 saturated carbocycles. The maximum Gasteiger partial charge on any atom is 0.339 e. The summed E-state index contributed by atoms with van der Waals surface area (Å²) in [5.74, 6) is -1.51. The number of carboxylic acids is 1. The van der Waals surface area contributed by atoms with Crippen molar-refractivity contribution in [1.82, 2.24) is 5.32 Å². The Kier molecular flexibility index (Phi) is 3.71. The van der Waals surface area contributed by atoms with Gasteiger partial charge < -0.3 is 20.8 Å². The van der Waals surface area contributed by atoms with Crippen LogP contribution in [0.15, 0.2) is 18.2 Å². The average molecular weight is 264 g/mol. The predicted molar refractivity (Wildman–Crippen MR) is 69.2 cm³/mol. The molecule has 1 fully saturated rings. The molecule has 1 unspecified atom stereocenters. The van der Waals surface area contributed by atoms with Gasteiger partial charge in [0.15, 0.2) is 0 Å². The van der Waals surface area contributed by atoms with Gasteiger partial charge >= 0.3 is 5.97 Å². The molecule has 0 aromatic heterocycles. The second-order valence-corrected chi connectivity index (χ2v) is 4.73. The summed E-state index contributed by atoms with van der Waals surface area (Å²) in [6, 6.07) is 3.99. The minimum atomic E-state index is -1.23. The standard InChI is InChI=1S/C13H16N2O4/c1-7(8-5-14-6-8)12(17)15-9-2-3-11(16)10(4-9)13(18)19/h2-4,7-8,14,16H,5-6H2,1H3,(H,15,17)(H,18,19). The first-order valence-electron chi connectivity index (χ1n) is 6.07. The lowest BCUT2D eigenvalue weighted by Crippen LogP contribution is -2.48. The summed E-state index contributed by atoms with van der Waals surface area (Å²) >= 11 is 0. The number of aromatic carboxylic acids is 1. The van der Waals surface area contributed by atoms with Gasteiger partial charge in [0.05, 0.1) is 0 Å². The van der Waals surface area contributed by atoms with Crippen molar-refractivity contribution in [3.63, 3.8) is 0 Å². The van der Waals surface area contributed by atoms with E-state index in [1.54, 1.807) is 0 Å². The predicted octanol–water partition coefficient (Wildman–Crippen LogP) is 0.884. The number of benzene rings is 1. The molecular formula is C13H16N2O4. The third kappa shape index (κ3) is 2.85. The molecule has 1 aliphatic heterocycles. The molecule has 0 aliphatic carbocycles. The van der Waals surface area contributed by atoms with Gasteiger partial charge in [-0.05, 0) is 37.2 Å². The first-order valence-corrected chi connectivity index (χ1v) is 6.07. The van der Waals surface area contributed by atoms with Gasteiger partial charge in [-0.25, -0.2) is 4.79 Å². The number of amides is 1. The van der Waals surface area contributed by atoms with Crippen molar-refractivity contribution < 1.29 is 19.8 Å². The van der Waals surface area contributed by atoms with Gasteiger partial charge in [0.2, 0.25) is 5.91 Å². The zero-order chi connectivity index (χ0) is 14.0. The number of nitrogens with one attached hydrogen (secondary N) is 2. The van der Waals surface area contributed by atoms with E-state index in [-0.39, 0.29) is 23.1 Å².